The Kier molecular flexibility index (Phi) is 9.33. The molecule has 0 spiro atoms. The van der Waals surface area contributed by atoms with Crippen molar-refractivity contribution in [1.29, 1.82) is 0 Å². The Bertz CT molecular complexity index is 3060. The van der Waals surface area contributed by atoms with Gasteiger partial charge in [-0.15, -0.1) is 0 Å². The van der Waals surface area contributed by atoms with Gasteiger partial charge in [-0.2, -0.15) is 0 Å². The van der Waals surface area contributed by atoms with Crippen LogP contribution in [0.1, 0.15) is 180 Å². The highest BCUT2D eigenvalue weighted by molar-refractivity contribution is 7.00. The molecule has 0 unspecified atom stereocenters. The van der Waals surface area contributed by atoms with E-state index in [0.717, 1.165) is 6.42 Å². The van der Waals surface area contributed by atoms with Gasteiger partial charge in [0.2, 0.25) is 0 Å². The third kappa shape index (κ3) is 6.62. The van der Waals surface area contributed by atoms with Gasteiger partial charge < -0.3 is 9.80 Å². The summed E-state index contributed by atoms with van der Waals surface area (Å²) in [4.78, 5) is 5.43. The van der Waals surface area contributed by atoms with E-state index in [-0.39, 0.29) is 44.6 Å². The molecular formula is C64H75BN2. The van der Waals surface area contributed by atoms with Crippen LogP contribution in [0.2, 0.25) is 0 Å². The molecule has 2 aliphatic heterocycles. The third-order valence-electron chi connectivity index (χ3n) is 17.9. The van der Waals surface area contributed by atoms with Crippen molar-refractivity contribution in [2.24, 2.45) is 0 Å². The number of aryl methyl sites for hydroxylation is 1. The predicted octanol–water partition coefficient (Wildman–Crippen LogP) is 15.7. The van der Waals surface area contributed by atoms with Crippen molar-refractivity contribution >= 4 is 57.2 Å². The van der Waals surface area contributed by atoms with Crippen LogP contribution in [-0.4, -0.2) is 6.71 Å². The topological polar surface area (TPSA) is 6.48 Å². The summed E-state index contributed by atoms with van der Waals surface area (Å²) in [5.74, 6) is 0. The van der Waals surface area contributed by atoms with Crippen LogP contribution < -0.4 is 26.2 Å². The normalized spacial score (nSPS) is 20.6. The monoisotopic (exact) mass is 883 g/mol. The molecule has 2 heterocycles. The average Bonchev–Trinajstić information content (AvgIpc) is 3.44. The first kappa shape index (κ1) is 44.5. The predicted molar refractivity (Wildman–Crippen MR) is 291 cm³/mol. The highest BCUT2D eigenvalue weighted by Crippen LogP contribution is 2.56. The molecule has 344 valence electrons. The Morgan fingerprint density at radius 2 is 0.910 bits per heavy atom. The molecule has 0 radical (unpaired) electrons. The smallest absolute Gasteiger partial charge is 0.252 e. The Labute approximate surface area is 404 Å². The van der Waals surface area contributed by atoms with Crippen LogP contribution in [0.4, 0.5) is 34.1 Å². The lowest BCUT2D eigenvalue weighted by Crippen LogP contribution is -2.62. The van der Waals surface area contributed by atoms with Crippen LogP contribution in [-0.2, 0) is 37.9 Å². The zero-order valence-electron chi connectivity index (χ0n) is 43.8. The number of hydrogen-bond acceptors (Lipinski definition) is 2. The van der Waals surface area contributed by atoms with E-state index in [4.69, 9.17) is 0 Å². The maximum atomic E-state index is 2.72. The van der Waals surface area contributed by atoms with Crippen molar-refractivity contribution in [2.45, 2.75) is 181 Å². The molecule has 67 heavy (non-hydrogen) atoms. The van der Waals surface area contributed by atoms with Gasteiger partial charge in [0, 0.05) is 34.0 Å². The molecule has 11 rings (SSSR count). The fraction of sp³-hybridized carbons (Fsp3) is 0.438. The quantitative estimate of drug-likeness (QED) is 0.163. The summed E-state index contributed by atoms with van der Waals surface area (Å²) in [6.07, 6.45) is 5.89. The summed E-state index contributed by atoms with van der Waals surface area (Å²) in [5.41, 5.74) is 26.8. The highest BCUT2D eigenvalue weighted by Gasteiger charge is 2.50. The van der Waals surface area contributed by atoms with Gasteiger partial charge in [0.1, 0.15) is 0 Å². The van der Waals surface area contributed by atoms with Crippen LogP contribution in [0.5, 0.6) is 0 Å². The second-order valence-electron chi connectivity index (χ2n) is 26.8. The standard InChI is InChI=1S/C64H75BN2/c1-39-30-55-57-56(31-39)67(52-25-22-41(58(2,3)4)32-43(52)40-20-18-17-19-21-40)54-37-49-47(63(13,14)38-64(49,15)16)35-51(54)65(57)50-34-46-48(62(11,12)29-28-61(46,9)10)36-53(50)66(55)42-23-24-44-45(33-42)60(7,8)27-26-59(44,5)6/h17-25,30-37H,26-29,38H2,1-16H3. The van der Waals surface area contributed by atoms with Gasteiger partial charge >= 0.3 is 0 Å². The molecule has 0 atom stereocenters. The van der Waals surface area contributed by atoms with E-state index in [1.165, 1.54) is 132 Å². The third-order valence-corrected chi connectivity index (χ3v) is 17.9. The van der Waals surface area contributed by atoms with E-state index in [1.54, 1.807) is 0 Å². The maximum Gasteiger partial charge on any atom is 0.252 e. The van der Waals surface area contributed by atoms with Crippen molar-refractivity contribution in [3.63, 3.8) is 0 Å². The molecule has 0 saturated carbocycles. The minimum atomic E-state index is -0.00373. The molecular weight excluding hydrogens is 808 g/mol. The Hall–Kier alpha value is -5.02. The number of nitrogens with zero attached hydrogens (tertiary/aromatic N) is 2. The van der Waals surface area contributed by atoms with Crippen molar-refractivity contribution in [3.05, 3.63) is 148 Å². The van der Waals surface area contributed by atoms with Crippen LogP contribution in [0.15, 0.2) is 103 Å². The van der Waals surface area contributed by atoms with Crippen molar-refractivity contribution in [2.75, 3.05) is 9.80 Å². The first-order valence-corrected chi connectivity index (χ1v) is 25.7. The number of anilines is 6. The Morgan fingerprint density at radius 1 is 0.433 bits per heavy atom. The average molecular weight is 883 g/mol. The molecule has 0 N–H and O–H groups in total. The SMILES string of the molecule is Cc1cc2c3c(c1)N(c1ccc(C(C)(C)C)cc1-c1ccccc1)c1cc4c(cc1B3c1cc3c(cc1N2c1ccc2c(c1)C(C)(C)CCC2(C)C)C(C)(C)CCC3(C)C)C(C)(C)CC4(C)C. The zero-order valence-corrected chi connectivity index (χ0v) is 43.8. The zero-order chi connectivity index (χ0) is 47.8. The Balaban J connectivity index is 1.29. The van der Waals surface area contributed by atoms with Crippen molar-refractivity contribution < 1.29 is 0 Å². The van der Waals surface area contributed by atoms with Crippen LogP contribution >= 0.6 is 0 Å². The van der Waals surface area contributed by atoms with Gasteiger partial charge in [0.25, 0.3) is 6.71 Å². The van der Waals surface area contributed by atoms with E-state index >= 15 is 0 Å². The summed E-state index contributed by atoms with van der Waals surface area (Å²) >= 11 is 0. The summed E-state index contributed by atoms with van der Waals surface area (Å²) in [7, 11) is 0. The van der Waals surface area contributed by atoms with Gasteiger partial charge in [-0.1, -0.05) is 158 Å². The van der Waals surface area contributed by atoms with Crippen molar-refractivity contribution in [1.82, 2.24) is 0 Å². The first-order valence-electron chi connectivity index (χ1n) is 25.7. The van der Waals surface area contributed by atoms with Gasteiger partial charge in [-0.3, -0.25) is 0 Å². The Morgan fingerprint density at radius 3 is 1.48 bits per heavy atom. The van der Waals surface area contributed by atoms with E-state index in [9.17, 15) is 0 Å². The number of rotatable bonds is 3. The molecule has 2 nitrogen and oxygen atoms in total. The molecule has 5 aliphatic rings. The van der Waals surface area contributed by atoms with E-state index in [0.29, 0.717) is 0 Å². The van der Waals surface area contributed by atoms with E-state index < -0.39 is 0 Å². The molecule has 3 heteroatoms. The minimum Gasteiger partial charge on any atom is -0.311 e. The summed E-state index contributed by atoms with van der Waals surface area (Å²) in [6, 6.07) is 41.9. The van der Waals surface area contributed by atoms with Gasteiger partial charge in [0.15, 0.2) is 0 Å². The molecule has 0 bridgehead atoms. The fourth-order valence-corrected chi connectivity index (χ4v) is 14.0. The molecule has 0 saturated heterocycles. The number of fused-ring (bicyclic) bond motifs is 7. The van der Waals surface area contributed by atoms with Gasteiger partial charge in [0.05, 0.1) is 5.69 Å². The molecule has 0 aromatic heterocycles. The second-order valence-corrected chi connectivity index (χ2v) is 26.8. The van der Waals surface area contributed by atoms with Crippen LogP contribution in [0.25, 0.3) is 11.1 Å². The number of benzene rings is 6. The fourth-order valence-electron chi connectivity index (χ4n) is 14.0. The summed E-state index contributed by atoms with van der Waals surface area (Å²) < 4.78 is 0. The lowest BCUT2D eigenvalue weighted by atomic mass is 9.32. The summed E-state index contributed by atoms with van der Waals surface area (Å²) in [6.45, 7) is 39.2. The lowest BCUT2D eigenvalue weighted by molar-refractivity contribution is 0.332. The van der Waals surface area contributed by atoms with Gasteiger partial charge in [-0.25, -0.2) is 0 Å². The molecule has 3 aliphatic carbocycles. The maximum absolute atomic E-state index is 2.72. The molecule has 6 aromatic rings. The van der Waals surface area contributed by atoms with Gasteiger partial charge in [-0.05, 0) is 192 Å². The minimum absolute atomic E-state index is 0.00373. The molecule has 0 amide bonds. The van der Waals surface area contributed by atoms with Crippen molar-refractivity contribution in [3.8, 4) is 11.1 Å². The number of hydrogen-bond donors (Lipinski definition) is 0. The lowest BCUT2D eigenvalue weighted by Gasteiger charge is -2.48. The second kappa shape index (κ2) is 14.0. The van der Waals surface area contributed by atoms with E-state index in [2.05, 4.69) is 224 Å². The van der Waals surface area contributed by atoms with Crippen LogP contribution in [0, 0.1) is 6.92 Å². The van der Waals surface area contributed by atoms with E-state index in [1.807, 2.05) is 0 Å². The van der Waals surface area contributed by atoms with Crippen LogP contribution in [0.3, 0.4) is 0 Å². The first-order chi connectivity index (χ1) is 31.2. The highest BCUT2D eigenvalue weighted by atomic mass is 15.2. The summed E-state index contributed by atoms with van der Waals surface area (Å²) in [5, 5.41) is 0. The largest absolute Gasteiger partial charge is 0.311 e. The molecule has 6 aromatic carbocycles. The molecule has 0 fully saturated rings.